The lowest BCUT2D eigenvalue weighted by atomic mass is 9.98. The Kier molecular flexibility index (Phi) is 3.80. The van der Waals surface area contributed by atoms with Gasteiger partial charge in [0.15, 0.2) is 0 Å². The van der Waals surface area contributed by atoms with Gasteiger partial charge < -0.3 is 9.32 Å². The number of oxazole rings is 1. The molecule has 1 fully saturated rings. The number of likely N-dealkylation sites (tertiary alicyclic amines) is 1. The maximum atomic E-state index is 12.4. The van der Waals surface area contributed by atoms with E-state index in [0.29, 0.717) is 18.2 Å². The minimum atomic E-state index is -0.113. The van der Waals surface area contributed by atoms with Gasteiger partial charge in [0.25, 0.3) is 5.89 Å². The number of aromatic nitrogens is 2. The summed E-state index contributed by atoms with van der Waals surface area (Å²) in [5, 5.41) is 1.14. The Morgan fingerprint density at radius 3 is 2.86 bits per heavy atom. The van der Waals surface area contributed by atoms with Gasteiger partial charge in [0, 0.05) is 23.9 Å². The maximum absolute atomic E-state index is 12.4. The summed E-state index contributed by atoms with van der Waals surface area (Å²) < 4.78 is 5.35. The lowest BCUT2D eigenvalue weighted by Gasteiger charge is -2.30. The van der Waals surface area contributed by atoms with Crippen molar-refractivity contribution in [2.45, 2.75) is 39.5 Å². The van der Waals surface area contributed by atoms with Crippen LogP contribution < -0.4 is 0 Å². The number of nitrogens with zero attached hydrogens (tertiary/aromatic N) is 3. The molecule has 1 unspecified atom stereocenters. The van der Waals surface area contributed by atoms with Crippen molar-refractivity contribution < 1.29 is 9.21 Å². The molecule has 0 saturated carbocycles. The Morgan fingerprint density at radius 1 is 1.43 bits per heavy atom. The zero-order valence-corrected chi connectivity index (χ0v) is 13.4. The third-order valence-corrected chi connectivity index (χ3v) is 5.14. The molecule has 1 aliphatic rings. The average molecular weight is 305 g/mol. The largest absolute Gasteiger partial charge is 0.438 e. The van der Waals surface area contributed by atoms with Crippen molar-refractivity contribution >= 4 is 17.2 Å². The molecule has 0 radical (unpaired) electrons. The molecular formula is C15H19N3O2S. The predicted octanol–water partition coefficient (Wildman–Crippen LogP) is 3.08. The van der Waals surface area contributed by atoms with Crippen molar-refractivity contribution in [2.75, 3.05) is 13.1 Å². The summed E-state index contributed by atoms with van der Waals surface area (Å²) in [7, 11) is 0. The van der Waals surface area contributed by atoms with E-state index in [4.69, 9.17) is 4.42 Å². The fourth-order valence-corrected chi connectivity index (χ4v) is 3.67. The van der Waals surface area contributed by atoms with Crippen molar-refractivity contribution in [3.63, 3.8) is 0 Å². The number of carbonyl (C=O) groups excluding carboxylic acids is 1. The summed E-state index contributed by atoms with van der Waals surface area (Å²) in [5.41, 5.74) is 1.10. The van der Waals surface area contributed by atoms with Crippen LogP contribution in [0.2, 0.25) is 0 Å². The smallest absolute Gasteiger partial charge is 0.309 e. The SMILES string of the molecule is Cc1cnc(C(=O)N2CCCC(c3nc(C)c(C)s3)C2)o1. The molecular weight excluding hydrogens is 286 g/mol. The Labute approximate surface area is 128 Å². The molecule has 0 aliphatic carbocycles. The molecule has 0 N–H and O–H groups in total. The van der Waals surface area contributed by atoms with Gasteiger partial charge in [0.2, 0.25) is 0 Å². The van der Waals surface area contributed by atoms with Crippen LogP contribution in [0.1, 0.15) is 50.8 Å². The second-order valence-electron chi connectivity index (χ2n) is 5.56. The minimum absolute atomic E-state index is 0.113. The third kappa shape index (κ3) is 2.85. The second-order valence-corrected chi connectivity index (χ2v) is 6.79. The molecule has 21 heavy (non-hydrogen) atoms. The Bertz CT molecular complexity index is 642. The molecule has 0 bridgehead atoms. The highest BCUT2D eigenvalue weighted by Crippen LogP contribution is 2.31. The van der Waals surface area contributed by atoms with Crippen LogP contribution in [-0.4, -0.2) is 33.9 Å². The monoisotopic (exact) mass is 305 g/mol. The van der Waals surface area contributed by atoms with E-state index in [2.05, 4.69) is 16.9 Å². The molecule has 0 spiro atoms. The van der Waals surface area contributed by atoms with Crippen molar-refractivity contribution in [3.05, 3.63) is 33.4 Å². The topological polar surface area (TPSA) is 59.2 Å². The van der Waals surface area contributed by atoms with Crippen molar-refractivity contribution in [1.29, 1.82) is 0 Å². The predicted molar refractivity (Wildman–Crippen MR) is 80.7 cm³/mol. The van der Waals surface area contributed by atoms with Gasteiger partial charge >= 0.3 is 5.91 Å². The van der Waals surface area contributed by atoms with Crippen LogP contribution in [-0.2, 0) is 0 Å². The lowest BCUT2D eigenvalue weighted by molar-refractivity contribution is 0.0665. The molecule has 1 amide bonds. The van der Waals surface area contributed by atoms with Crippen LogP contribution in [0.5, 0.6) is 0 Å². The standard InChI is InChI=1S/C15H19N3O2S/c1-9-7-16-13(20-9)15(19)18-6-4-5-12(8-18)14-17-10(2)11(3)21-14/h7,12H,4-6,8H2,1-3H3. The van der Waals surface area contributed by atoms with E-state index in [1.807, 2.05) is 11.8 Å². The number of hydrogen-bond donors (Lipinski definition) is 0. The molecule has 3 heterocycles. The summed E-state index contributed by atoms with van der Waals surface area (Å²) in [6.07, 6.45) is 3.66. The molecule has 2 aromatic rings. The quantitative estimate of drug-likeness (QED) is 0.855. The van der Waals surface area contributed by atoms with Gasteiger partial charge in [0.05, 0.1) is 16.9 Å². The fourth-order valence-electron chi connectivity index (χ4n) is 2.62. The van der Waals surface area contributed by atoms with E-state index in [1.165, 1.54) is 4.88 Å². The first-order chi connectivity index (χ1) is 10.0. The van der Waals surface area contributed by atoms with E-state index in [9.17, 15) is 4.79 Å². The van der Waals surface area contributed by atoms with E-state index < -0.39 is 0 Å². The molecule has 1 atom stereocenters. The average Bonchev–Trinajstić information content (AvgIpc) is 3.05. The number of aryl methyl sites for hydroxylation is 3. The summed E-state index contributed by atoms with van der Waals surface area (Å²) >= 11 is 1.75. The lowest BCUT2D eigenvalue weighted by Crippen LogP contribution is -2.39. The third-order valence-electron chi connectivity index (χ3n) is 3.91. The highest BCUT2D eigenvalue weighted by molar-refractivity contribution is 7.11. The second kappa shape index (κ2) is 5.60. The molecule has 1 aliphatic heterocycles. The summed E-state index contributed by atoms with van der Waals surface area (Å²) in [6, 6.07) is 0. The number of rotatable bonds is 2. The molecule has 5 nitrogen and oxygen atoms in total. The summed E-state index contributed by atoms with van der Waals surface area (Å²) in [5.74, 6) is 1.08. The van der Waals surface area contributed by atoms with Crippen LogP contribution in [0.25, 0.3) is 0 Å². The zero-order chi connectivity index (χ0) is 15.0. The molecule has 6 heteroatoms. The van der Waals surface area contributed by atoms with Gasteiger partial charge in [-0.15, -0.1) is 11.3 Å². The van der Waals surface area contributed by atoms with Crippen molar-refractivity contribution in [3.8, 4) is 0 Å². The maximum Gasteiger partial charge on any atom is 0.309 e. The van der Waals surface area contributed by atoms with Gasteiger partial charge in [-0.3, -0.25) is 4.79 Å². The molecule has 0 aromatic carbocycles. The Balaban J connectivity index is 1.75. The van der Waals surface area contributed by atoms with Crippen LogP contribution in [0, 0.1) is 20.8 Å². The zero-order valence-electron chi connectivity index (χ0n) is 12.5. The Hall–Kier alpha value is -1.69. The number of carbonyl (C=O) groups is 1. The first kappa shape index (κ1) is 14.3. The molecule has 3 rings (SSSR count). The van der Waals surface area contributed by atoms with Crippen LogP contribution >= 0.6 is 11.3 Å². The summed E-state index contributed by atoms with van der Waals surface area (Å²) in [4.78, 5) is 24.2. The van der Waals surface area contributed by atoms with Crippen molar-refractivity contribution in [2.24, 2.45) is 0 Å². The number of thiazole rings is 1. The highest BCUT2D eigenvalue weighted by Gasteiger charge is 2.29. The van der Waals surface area contributed by atoms with Crippen molar-refractivity contribution in [1.82, 2.24) is 14.9 Å². The van der Waals surface area contributed by atoms with E-state index in [-0.39, 0.29) is 11.8 Å². The first-order valence-electron chi connectivity index (χ1n) is 7.20. The van der Waals surface area contributed by atoms with Gasteiger partial charge in [-0.05, 0) is 33.6 Å². The van der Waals surface area contributed by atoms with Gasteiger partial charge in [0.1, 0.15) is 5.76 Å². The Morgan fingerprint density at radius 2 is 2.24 bits per heavy atom. The van der Waals surface area contributed by atoms with E-state index >= 15 is 0 Å². The fraction of sp³-hybridized carbons (Fsp3) is 0.533. The van der Waals surface area contributed by atoms with Gasteiger partial charge in [-0.25, -0.2) is 9.97 Å². The number of amides is 1. The van der Waals surface area contributed by atoms with Gasteiger partial charge in [-0.2, -0.15) is 0 Å². The van der Waals surface area contributed by atoms with Gasteiger partial charge in [-0.1, -0.05) is 0 Å². The van der Waals surface area contributed by atoms with Crippen LogP contribution in [0.3, 0.4) is 0 Å². The van der Waals surface area contributed by atoms with Crippen LogP contribution in [0.15, 0.2) is 10.6 Å². The minimum Gasteiger partial charge on any atom is -0.438 e. The van der Waals surface area contributed by atoms with E-state index in [0.717, 1.165) is 30.1 Å². The first-order valence-corrected chi connectivity index (χ1v) is 8.02. The molecule has 2 aromatic heterocycles. The number of hydrogen-bond acceptors (Lipinski definition) is 5. The van der Waals surface area contributed by atoms with Crippen LogP contribution in [0.4, 0.5) is 0 Å². The molecule has 1 saturated heterocycles. The molecule has 112 valence electrons. The van der Waals surface area contributed by atoms with E-state index in [1.54, 1.807) is 24.5 Å². The highest BCUT2D eigenvalue weighted by atomic mass is 32.1. The number of piperidine rings is 1. The normalized spacial score (nSPS) is 19.0. The summed E-state index contributed by atoms with van der Waals surface area (Å²) in [6.45, 7) is 7.39.